The Balaban J connectivity index is 1.95. The molecule has 136 valence electrons. The molecule has 2 unspecified atom stereocenters. The molecule has 2 aromatic carbocycles. The van der Waals surface area contributed by atoms with Crippen LogP contribution < -0.4 is 4.90 Å². The first-order chi connectivity index (χ1) is 12.3. The van der Waals surface area contributed by atoms with E-state index < -0.39 is 4.92 Å². The first kappa shape index (κ1) is 18.5. The van der Waals surface area contributed by atoms with Gasteiger partial charge in [0.05, 0.1) is 17.1 Å². The summed E-state index contributed by atoms with van der Waals surface area (Å²) in [5.41, 5.74) is 1.25. The smallest absolute Gasteiger partial charge is 0.293 e. The lowest BCUT2D eigenvalue weighted by atomic mass is 10.0. The van der Waals surface area contributed by atoms with Gasteiger partial charge in [-0.3, -0.25) is 14.9 Å². The van der Waals surface area contributed by atoms with Crippen molar-refractivity contribution in [3.05, 3.63) is 68.2 Å². The number of benzene rings is 2. The predicted octanol–water partition coefficient (Wildman–Crippen LogP) is 4.20. The van der Waals surface area contributed by atoms with Gasteiger partial charge >= 0.3 is 0 Å². The lowest BCUT2D eigenvalue weighted by molar-refractivity contribution is -0.384. The Labute approximate surface area is 160 Å². The molecule has 0 bridgehead atoms. The zero-order valence-corrected chi connectivity index (χ0v) is 16.1. The number of morpholine rings is 1. The maximum atomic E-state index is 12.7. The van der Waals surface area contributed by atoms with Gasteiger partial charge in [0.2, 0.25) is 0 Å². The Bertz CT molecular complexity index is 828. The third kappa shape index (κ3) is 3.94. The number of ether oxygens (including phenoxy) is 1. The third-order valence-corrected chi connectivity index (χ3v) is 4.83. The van der Waals surface area contributed by atoms with Crippen LogP contribution >= 0.6 is 15.9 Å². The monoisotopic (exact) mass is 418 g/mol. The van der Waals surface area contributed by atoms with E-state index >= 15 is 0 Å². The Morgan fingerprint density at radius 2 is 1.69 bits per heavy atom. The molecule has 0 N–H and O–H groups in total. The number of nitro groups is 1. The van der Waals surface area contributed by atoms with Gasteiger partial charge in [-0.25, -0.2) is 0 Å². The van der Waals surface area contributed by atoms with Gasteiger partial charge in [-0.1, -0.05) is 15.9 Å². The minimum absolute atomic E-state index is 0.0116. The molecular formula is C19H19BrN2O4. The lowest BCUT2D eigenvalue weighted by Crippen LogP contribution is -2.45. The molecule has 1 aliphatic heterocycles. The summed E-state index contributed by atoms with van der Waals surface area (Å²) >= 11 is 3.33. The number of hydrogen-bond acceptors (Lipinski definition) is 5. The molecule has 0 aliphatic carbocycles. The highest BCUT2D eigenvalue weighted by Crippen LogP contribution is 2.32. The summed E-state index contributed by atoms with van der Waals surface area (Å²) in [7, 11) is 0. The van der Waals surface area contributed by atoms with E-state index in [-0.39, 0.29) is 23.7 Å². The molecule has 1 aliphatic rings. The number of carbonyl (C=O) groups excluding carboxylic acids is 1. The molecule has 0 amide bonds. The van der Waals surface area contributed by atoms with Crippen molar-refractivity contribution in [3.8, 4) is 0 Å². The van der Waals surface area contributed by atoms with Crippen LogP contribution in [-0.4, -0.2) is 36.0 Å². The summed E-state index contributed by atoms with van der Waals surface area (Å²) in [6, 6.07) is 11.6. The van der Waals surface area contributed by atoms with Crippen LogP contribution in [0.1, 0.15) is 29.8 Å². The van der Waals surface area contributed by atoms with Crippen LogP contribution in [0.15, 0.2) is 46.9 Å². The molecule has 1 fully saturated rings. The van der Waals surface area contributed by atoms with Gasteiger partial charge in [0.15, 0.2) is 5.78 Å². The summed E-state index contributed by atoms with van der Waals surface area (Å²) in [5, 5.41) is 11.6. The van der Waals surface area contributed by atoms with Crippen LogP contribution in [0.3, 0.4) is 0 Å². The Kier molecular flexibility index (Phi) is 5.38. The number of nitrogens with zero attached hydrogens (tertiary/aromatic N) is 2. The van der Waals surface area contributed by atoms with Gasteiger partial charge < -0.3 is 9.64 Å². The first-order valence-electron chi connectivity index (χ1n) is 8.34. The number of anilines is 1. The summed E-state index contributed by atoms with van der Waals surface area (Å²) in [6.45, 7) is 5.04. The molecule has 6 nitrogen and oxygen atoms in total. The first-order valence-corrected chi connectivity index (χ1v) is 9.13. The minimum Gasteiger partial charge on any atom is -0.372 e. The van der Waals surface area contributed by atoms with E-state index in [0.717, 1.165) is 4.47 Å². The average molecular weight is 419 g/mol. The molecule has 3 rings (SSSR count). The van der Waals surface area contributed by atoms with Gasteiger partial charge in [0, 0.05) is 34.8 Å². The van der Waals surface area contributed by atoms with Crippen LogP contribution in [0.5, 0.6) is 0 Å². The summed E-state index contributed by atoms with van der Waals surface area (Å²) in [4.78, 5) is 25.8. The fourth-order valence-corrected chi connectivity index (χ4v) is 3.49. The van der Waals surface area contributed by atoms with Crippen LogP contribution in [0.4, 0.5) is 11.4 Å². The zero-order chi connectivity index (χ0) is 18.8. The highest BCUT2D eigenvalue weighted by Gasteiger charge is 2.28. The van der Waals surface area contributed by atoms with Crippen molar-refractivity contribution in [2.24, 2.45) is 0 Å². The van der Waals surface area contributed by atoms with Gasteiger partial charge in [-0.05, 0) is 50.2 Å². The molecule has 0 spiro atoms. The van der Waals surface area contributed by atoms with E-state index in [0.29, 0.717) is 29.9 Å². The van der Waals surface area contributed by atoms with Crippen LogP contribution in [0.25, 0.3) is 0 Å². The number of rotatable bonds is 4. The number of nitro benzene ring substituents is 1. The molecule has 2 aromatic rings. The second kappa shape index (κ2) is 7.55. The largest absolute Gasteiger partial charge is 0.372 e. The van der Waals surface area contributed by atoms with Gasteiger partial charge in [0.25, 0.3) is 5.69 Å². The van der Waals surface area contributed by atoms with Gasteiger partial charge in [-0.15, -0.1) is 0 Å². The van der Waals surface area contributed by atoms with E-state index in [1.165, 1.54) is 6.07 Å². The normalized spacial score (nSPS) is 20.0. The second-order valence-corrected chi connectivity index (χ2v) is 7.37. The number of carbonyl (C=O) groups is 1. The van der Waals surface area contributed by atoms with Crippen molar-refractivity contribution in [1.29, 1.82) is 0 Å². The maximum Gasteiger partial charge on any atom is 0.293 e. The molecule has 1 heterocycles. The van der Waals surface area contributed by atoms with Gasteiger partial charge in [-0.2, -0.15) is 0 Å². The summed E-state index contributed by atoms with van der Waals surface area (Å²) in [6.07, 6.45) is -0.0233. The van der Waals surface area contributed by atoms with Crippen LogP contribution in [-0.2, 0) is 4.74 Å². The Morgan fingerprint density at radius 3 is 2.27 bits per heavy atom. The summed E-state index contributed by atoms with van der Waals surface area (Å²) < 4.78 is 6.56. The van der Waals surface area contributed by atoms with E-state index in [4.69, 9.17) is 4.74 Å². The minimum atomic E-state index is -0.432. The Morgan fingerprint density at radius 1 is 1.12 bits per heavy atom. The second-order valence-electron chi connectivity index (χ2n) is 6.46. The van der Waals surface area contributed by atoms with Crippen LogP contribution in [0, 0.1) is 10.1 Å². The molecule has 26 heavy (non-hydrogen) atoms. The predicted molar refractivity (Wildman–Crippen MR) is 103 cm³/mol. The topological polar surface area (TPSA) is 72.7 Å². The highest BCUT2D eigenvalue weighted by molar-refractivity contribution is 9.10. The molecular weight excluding hydrogens is 400 g/mol. The van der Waals surface area contributed by atoms with Crippen molar-refractivity contribution in [1.82, 2.24) is 0 Å². The average Bonchev–Trinajstić information content (AvgIpc) is 2.60. The SMILES string of the molecule is CC1CN(c2ccc(C(=O)c3ccc(Br)cc3)cc2[N+](=O)[O-])CC(C)O1. The standard InChI is InChI=1S/C19H19BrN2O4/c1-12-10-21(11-13(2)26-12)17-8-5-15(9-18(17)22(24)25)19(23)14-3-6-16(20)7-4-14/h3-9,12-13H,10-11H2,1-2H3. The van der Waals surface area contributed by atoms with Crippen molar-refractivity contribution in [2.45, 2.75) is 26.1 Å². The quantitative estimate of drug-likeness (QED) is 0.422. The van der Waals surface area contributed by atoms with Crippen molar-refractivity contribution in [3.63, 3.8) is 0 Å². The van der Waals surface area contributed by atoms with E-state index in [9.17, 15) is 14.9 Å². The zero-order valence-electron chi connectivity index (χ0n) is 14.5. The molecule has 1 saturated heterocycles. The molecule has 0 radical (unpaired) electrons. The number of ketones is 1. The lowest BCUT2D eigenvalue weighted by Gasteiger charge is -2.36. The fourth-order valence-electron chi connectivity index (χ4n) is 3.22. The maximum absolute atomic E-state index is 12.7. The fraction of sp³-hybridized carbons (Fsp3) is 0.316. The van der Waals surface area contributed by atoms with E-state index in [1.54, 1.807) is 36.4 Å². The summed E-state index contributed by atoms with van der Waals surface area (Å²) in [5.74, 6) is -0.240. The highest BCUT2D eigenvalue weighted by atomic mass is 79.9. The molecule has 0 aromatic heterocycles. The number of hydrogen-bond donors (Lipinski definition) is 0. The molecule has 7 heteroatoms. The van der Waals surface area contributed by atoms with E-state index in [2.05, 4.69) is 15.9 Å². The van der Waals surface area contributed by atoms with Gasteiger partial charge in [0.1, 0.15) is 5.69 Å². The van der Waals surface area contributed by atoms with Crippen LogP contribution in [0.2, 0.25) is 0 Å². The third-order valence-electron chi connectivity index (χ3n) is 4.30. The van der Waals surface area contributed by atoms with Crippen molar-refractivity contribution in [2.75, 3.05) is 18.0 Å². The van der Waals surface area contributed by atoms with E-state index in [1.807, 2.05) is 18.7 Å². The van der Waals surface area contributed by atoms with Crippen molar-refractivity contribution >= 4 is 33.1 Å². The molecule has 2 atom stereocenters. The number of halogens is 1. The molecule has 0 saturated carbocycles. The van der Waals surface area contributed by atoms with Crippen molar-refractivity contribution < 1.29 is 14.5 Å². The Hall–Kier alpha value is -2.25.